The van der Waals surface area contributed by atoms with E-state index in [1.807, 2.05) is 0 Å². The number of Topliss-reactive ketones (excluding diaryl/α,β-unsaturated/α-hetero) is 1. The average molecular weight is 360 g/mol. The van der Waals surface area contributed by atoms with E-state index in [-0.39, 0.29) is 24.2 Å². The molecule has 1 amide bonds. The van der Waals surface area contributed by atoms with E-state index in [2.05, 4.69) is 24.1 Å². The van der Waals surface area contributed by atoms with Crippen LogP contribution >= 0.6 is 0 Å². The van der Waals surface area contributed by atoms with E-state index in [1.165, 1.54) is 19.8 Å². The molecule has 1 aliphatic rings. The van der Waals surface area contributed by atoms with Crippen LogP contribution in [0.5, 0.6) is 5.75 Å². The molecule has 0 aromatic heterocycles. The Bertz CT molecular complexity index is 622. The summed E-state index contributed by atoms with van der Waals surface area (Å²) in [6.07, 6.45) is 3.60. The van der Waals surface area contributed by atoms with Gasteiger partial charge in [-0.2, -0.15) is 0 Å². The Morgan fingerprint density at radius 3 is 2.58 bits per heavy atom. The number of benzene rings is 1. The van der Waals surface area contributed by atoms with Gasteiger partial charge >= 0.3 is 0 Å². The van der Waals surface area contributed by atoms with Crippen LogP contribution in [0.4, 0.5) is 0 Å². The number of carbonyl (C=O) groups is 2. The van der Waals surface area contributed by atoms with Gasteiger partial charge < -0.3 is 15.0 Å². The molecule has 0 bridgehead atoms. The zero-order valence-electron chi connectivity index (χ0n) is 16.5. The van der Waals surface area contributed by atoms with E-state index in [0.29, 0.717) is 11.3 Å². The molecular formula is C21H32N2O3. The fraction of sp³-hybridized carbons (Fsp3) is 0.619. The molecule has 2 rings (SSSR count). The first-order chi connectivity index (χ1) is 12.4. The molecule has 0 radical (unpaired) electrons. The summed E-state index contributed by atoms with van der Waals surface area (Å²) in [5.74, 6) is 1.41. The summed E-state index contributed by atoms with van der Waals surface area (Å²) in [6.45, 7) is 9.06. The molecule has 144 valence electrons. The SMILES string of the molecule is CC[C@H](CN1CCC(C)CC1)NC(=O)Cc1cc(C(C)=O)ccc1OC. The Morgan fingerprint density at radius 2 is 2.00 bits per heavy atom. The van der Waals surface area contributed by atoms with Gasteiger partial charge in [-0.05, 0) is 63.4 Å². The minimum Gasteiger partial charge on any atom is -0.496 e. The normalized spacial score (nSPS) is 16.9. The number of rotatable bonds is 8. The van der Waals surface area contributed by atoms with Gasteiger partial charge in [0, 0.05) is 23.7 Å². The zero-order chi connectivity index (χ0) is 19.1. The van der Waals surface area contributed by atoms with Crippen LogP contribution in [0.25, 0.3) is 0 Å². The number of hydrogen-bond donors (Lipinski definition) is 1. The first-order valence-electron chi connectivity index (χ1n) is 9.62. The molecule has 5 nitrogen and oxygen atoms in total. The molecule has 1 N–H and O–H groups in total. The highest BCUT2D eigenvalue weighted by Crippen LogP contribution is 2.21. The smallest absolute Gasteiger partial charge is 0.224 e. The van der Waals surface area contributed by atoms with E-state index < -0.39 is 0 Å². The van der Waals surface area contributed by atoms with Gasteiger partial charge in [-0.3, -0.25) is 9.59 Å². The maximum absolute atomic E-state index is 12.6. The van der Waals surface area contributed by atoms with Gasteiger partial charge in [-0.15, -0.1) is 0 Å². The van der Waals surface area contributed by atoms with E-state index in [4.69, 9.17) is 4.74 Å². The fourth-order valence-corrected chi connectivity index (χ4v) is 3.42. The van der Waals surface area contributed by atoms with E-state index >= 15 is 0 Å². The zero-order valence-corrected chi connectivity index (χ0v) is 16.5. The molecule has 1 saturated heterocycles. The number of ketones is 1. The third-order valence-corrected chi connectivity index (χ3v) is 5.25. The maximum atomic E-state index is 12.6. The Kier molecular flexibility index (Phi) is 7.64. The topological polar surface area (TPSA) is 58.6 Å². The van der Waals surface area contributed by atoms with Crippen molar-refractivity contribution in [1.82, 2.24) is 10.2 Å². The number of nitrogens with one attached hydrogen (secondary N) is 1. The number of amides is 1. The predicted molar refractivity (Wildman–Crippen MR) is 104 cm³/mol. The highest BCUT2D eigenvalue weighted by molar-refractivity contribution is 5.94. The Labute approximate surface area is 157 Å². The number of methoxy groups -OCH3 is 1. The average Bonchev–Trinajstić information content (AvgIpc) is 2.62. The van der Waals surface area contributed by atoms with Gasteiger partial charge in [0.25, 0.3) is 0 Å². The van der Waals surface area contributed by atoms with Gasteiger partial charge in [0.1, 0.15) is 5.75 Å². The summed E-state index contributed by atoms with van der Waals surface area (Å²) in [5, 5.41) is 3.15. The van der Waals surface area contributed by atoms with Gasteiger partial charge in [0.05, 0.1) is 13.5 Å². The molecule has 0 saturated carbocycles. The molecular weight excluding hydrogens is 328 g/mol. The molecule has 26 heavy (non-hydrogen) atoms. The Balaban J connectivity index is 1.95. The summed E-state index contributed by atoms with van der Waals surface area (Å²) < 4.78 is 5.34. The van der Waals surface area contributed by atoms with Gasteiger partial charge in [-0.25, -0.2) is 0 Å². The molecule has 1 aliphatic heterocycles. The van der Waals surface area contributed by atoms with Crippen LogP contribution in [-0.4, -0.2) is 49.4 Å². The highest BCUT2D eigenvalue weighted by atomic mass is 16.5. The summed E-state index contributed by atoms with van der Waals surface area (Å²) in [6, 6.07) is 5.39. The summed E-state index contributed by atoms with van der Waals surface area (Å²) in [5.41, 5.74) is 1.35. The minimum absolute atomic E-state index is 0.0138. The summed E-state index contributed by atoms with van der Waals surface area (Å²) in [4.78, 5) is 26.6. The van der Waals surface area contributed by atoms with Crippen LogP contribution in [0.15, 0.2) is 18.2 Å². The van der Waals surface area contributed by atoms with Gasteiger partial charge in [-0.1, -0.05) is 13.8 Å². The van der Waals surface area contributed by atoms with E-state index in [9.17, 15) is 9.59 Å². The number of hydrogen-bond acceptors (Lipinski definition) is 4. The van der Waals surface area contributed by atoms with Crippen molar-refractivity contribution in [2.75, 3.05) is 26.7 Å². The molecule has 1 fully saturated rings. The number of nitrogens with zero attached hydrogens (tertiary/aromatic N) is 1. The van der Waals surface area contributed by atoms with Crippen LogP contribution in [-0.2, 0) is 11.2 Å². The summed E-state index contributed by atoms with van der Waals surface area (Å²) >= 11 is 0. The first-order valence-corrected chi connectivity index (χ1v) is 9.62. The van der Waals surface area contributed by atoms with Crippen molar-refractivity contribution in [1.29, 1.82) is 0 Å². The van der Waals surface area contributed by atoms with Crippen LogP contribution in [0, 0.1) is 5.92 Å². The van der Waals surface area contributed by atoms with Crippen LogP contribution in [0.1, 0.15) is 56.0 Å². The monoisotopic (exact) mass is 360 g/mol. The molecule has 0 unspecified atom stereocenters. The lowest BCUT2D eigenvalue weighted by molar-refractivity contribution is -0.121. The second-order valence-corrected chi connectivity index (χ2v) is 7.42. The van der Waals surface area contributed by atoms with Gasteiger partial charge in [0.15, 0.2) is 5.78 Å². The molecule has 1 aromatic rings. The van der Waals surface area contributed by atoms with Gasteiger partial charge in [0.2, 0.25) is 5.91 Å². The second-order valence-electron chi connectivity index (χ2n) is 7.42. The number of likely N-dealkylation sites (tertiary alicyclic amines) is 1. The Morgan fingerprint density at radius 1 is 1.31 bits per heavy atom. The predicted octanol–water partition coefficient (Wildman–Crippen LogP) is 3.07. The van der Waals surface area contributed by atoms with Crippen LogP contribution in [0.2, 0.25) is 0 Å². The second kappa shape index (κ2) is 9.72. The lowest BCUT2D eigenvalue weighted by Gasteiger charge is -2.33. The Hall–Kier alpha value is -1.88. The number of ether oxygens (including phenoxy) is 1. The van der Waals surface area contributed by atoms with Crippen LogP contribution in [0.3, 0.4) is 0 Å². The summed E-state index contributed by atoms with van der Waals surface area (Å²) in [7, 11) is 1.58. The standard InChI is InChI=1S/C21H32N2O3/c1-5-19(14-23-10-8-15(2)9-11-23)22-21(25)13-18-12-17(16(3)24)6-7-20(18)26-4/h6-7,12,15,19H,5,8-11,13-14H2,1-4H3,(H,22,25)/t19-/m1/s1. The minimum atomic E-state index is -0.0266. The molecule has 0 aliphatic carbocycles. The lowest BCUT2D eigenvalue weighted by atomic mass is 9.98. The van der Waals surface area contributed by atoms with Crippen molar-refractivity contribution in [3.05, 3.63) is 29.3 Å². The fourth-order valence-electron chi connectivity index (χ4n) is 3.42. The largest absolute Gasteiger partial charge is 0.496 e. The van der Waals surface area contributed by atoms with E-state index in [1.54, 1.807) is 25.3 Å². The van der Waals surface area contributed by atoms with Crippen molar-refractivity contribution < 1.29 is 14.3 Å². The maximum Gasteiger partial charge on any atom is 0.224 e. The molecule has 0 spiro atoms. The third-order valence-electron chi connectivity index (χ3n) is 5.25. The van der Waals surface area contributed by atoms with Crippen molar-refractivity contribution in [2.45, 2.75) is 52.5 Å². The lowest BCUT2D eigenvalue weighted by Crippen LogP contribution is -2.46. The van der Waals surface area contributed by atoms with Crippen molar-refractivity contribution >= 4 is 11.7 Å². The highest BCUT2D eigenvalue weighted by Gasteiger charge is 2.20. The third kappa shape index (κ3) is 5.84. The van der Waals surface area contributed by atoms with E-state index in [0.717, 1.165) is 37.5 Å². The first kappa shape index (κ1) is 20.4. The van der Waals surface area contributed by atoms with Crippen molar-refractivity contribution in [3.8, 4) is 5.75 Å². The van der Waals surface area contributed by atoms with Crippen LogP contribution < -0.4 is 10.1 Å². The number of carbonyl (C=O) groups excluding carboxylic acids is 2. The quantitative estimate of drug-likeness (QED) is 0.724. The van der Waals surface area contributed by atoms with Crippen molar-refractivity contribution in [2.24, 2.45) is 5.92 Å². The van der Waals surface area contributed by atoms with Crippen molar-refractivity contribution in [3.63, 3.8) is 0 Å². The molecule has 5 heteroatoms. The molecule has 1 heterocycles. The molecule has 1 aromatic carbocycles. The molecule has 1 atom stereocenters. The number of piperidine rings is 1.